The standard InChI is InChI=1S/C15H26N2O4/c18-13-2-1-9-21-15(13)3-5-16(6-4-15)12-14(19)17-7-10-20-11-8-17/h13,18H,1-12H2/t13-/m0/s1. The van der Waals surface area contributed by atoms with Gasteiger partial charge < -0.3 is 19.5 Å². The number of piperidine rings is 1. The third-order valence-corrected chi connectivity index (χ3v) is 5.04. The van der Waals surface area contributed by atoms with E-state index in [1.807, 2.05) is 4.90 Å². The van der Waals surface area contributed by atoms with Crippen molar-refractivity contribution in [3.8, 4) is 0 Å². The summed E-state index contributed by atoms with van der Waals surface area (Å²) in [7, 11) is 0. The number of carbonyl (C=O) groups is 1. The molecule has 3 rings (SSSR count). The van der Waals surface area contributed by atoms with E-state index in [1.165, 1.54) is 0 Å². The van der Waals surface area contributed by atoms with Crippen LogP contribution in [0.3, 0.4) is 0 Å². The quantitative estimate of drug-likeness (QED) is 0.768. The van der Waals surface area contributed by atoms with Gasteiger partial charge >= 0.3 is 0 Å². The number of aliphatic hydroxyl groups is 1. The lowest BCUT2D eigenvalue weighted by molar-refractivity contribution is -0.177. The summed E-state index contributed by atoms with van der Waals surface area (Å²) in [5, 5.41) is 10.2. The number of amides is 1. The first-order valence-corrected chi connectivity index (χ1v) is 8.09. The molecule has 0 aliphatic carbocycles. The minimum absolute atomic E-state index is 0.194. The molecule has 0 radical (unpaired) electrons. The predicted molar refractivity (Wildman–Crippen MR) is 77.0 cm³/mol. The van der Waals surface area contributed by atoms with Crippen LogP contribution in [-0.4, -0.2) is 85.1 Å². The normalized spacial score (nSPS) is 30.5. The Morgan fingerprint density at radius 3 is 2.52 bits per heavy atom. The fourth-order valence-corrected chi connectivity index (χ4v) is 3.58. The highest BCUT2D eigenvalue weighted by Crippen LogP contribution is 2.35. The van der Waals surface area contributed by atoms with E-state index < -0.39 is 0 Å². The molecule has 0 aromatic carbocycles. The van der Waals surface area contributed by atoms with Crippen LogP contribution in [0.5, 0.6) is 0 Å². The molecule has 0 saturated carbocycles. The van der Waals surface area contributed by atoms with Gasteiger partial charge in [-0.05, 0) is 25.7 Å². The summed E-state index contributed by atoms with van der Waals surface area (Å²) in [6.45, 7) is 5.59. The summed E-state index contributed by atoms with van der Waals surface area (Å²) < 4.78 is 11.2. The Morgan fingerprint density at radius 2 is 1.86 bits per heavy atom. The van der Waals surface area contributed by atoms with Crippen molar-refractivity contribution in [2.24, 2.45) is 0 Å². The second kappa shape index (κ2) is 6.60. The van der Waals surface area contributed by atoms with Crippen molar-refractivity contribution in [2.75, 3.05) is 52.5 Å². The molecule has 1 spiro atoms. The second-order valence-corrected chi connectivity index (χ2v) is 6.34. The van der Waals surface area contributed by atoms with Crippen LogP contribution in [-0.2, 0) is 14.3 Å². The zero-order valence-corrected chi connectivity index (χ0v) is 12.6. The number of aliphatic hydroxyl groups excluding tert-OH is 1. The van der Waals surface area contributed by atoms with Crippen LogP contribution in [0, 0.1) is 0 Å². The van der Waals surface area contributed by atoms with Gasteiger partial charge in [-0.25, -0.2) is 0 Å². The third kappa shape index (κ3) is 3.39. The first-order chi connectivity index (χ1) is 10.2. The van der Waals surface area contributed by atoms with Gasteiger partial charge in [-0.1, -0.05) is 0 Å². The maximum atomic E-state index is 12.2. The molecule has 3 aliphatic heterocycles. The van der Waals surface area contributed by atoms with Gasteiger partial charge in [0.1, 0.15) is 0 Å². The molecular weight excluding hydrogens is 272 g/mol. The number of carbonyl (C=O) groups excluding carboxylic acids is 1. The molecule has 120 valence electrons. The van der Waals surface area contributed by atoms with Crippen molar-refractivity contribution in [3.63, 3.8) is 0 Å². The first-order valence-electron chi connectivity index (χ1n) is 8.09. The van der Waals surface area contributed by atoms with Crippen molar-refractivity contribution in [1.82, 2.24) is 9.80 Å². The largest absolute Gasteiger partial charge is 0.390 e. The Morgan fingerprint density at radius 1 is 1.14 bits per heavy atom. The number of rotatable bonds is 2. The molecule has 0 aromatic heterocycles. The van der Waals surface area contributed by atoms with E-state index in [2.05, 4.69) is 4.90 Å². The summed E-state index contributed by atoms with van der Waals surface area (Å²) >= 11 is 0. The van der Waals surface area contributed by atoms with Crippen molar-refractivity contribution in [2.45, 2.75) is 37.4 Å². The van der Waals surface area contributed by atoms with Crippen molar-refractivity contribution >= 4 is 5.91 Å². The number of morpholine rings is 1. The molecule has 21 heavy (non-hydrogen) atoms. The zero-order valence-electron chi connectivity index (χ0n) is 12.6. The van der Waals surface area contributed by atoms with Crippen LogP contribution in [0.1, 0.15) is 25.7 Å². The van der Waals surface area contributed by atoms with E-state index in [0.717, 1.165) is 45.4 Å². The topological polar surface area (TPSA) is 62.2 Å². The molecule has 1 atom stereocenters. The SMILES string of the molecule is O=C(CN1CCC2(CC1)OCCC[C@@H]2O)N1CCOCC1. The zero-order chi connectivity index (χ0) is 14.7. The number of ether oxygens (including phenoxy) is 2. The van der Waals surface area contributed by atoms with Crippen LogP contribution < -0.4 is 0 Å². The van der Waals surface area contributed by atoms with Gasteiger partial charge in [-0.2, -0.15) is 0 Å². The first kappa shape index (κ1) is 15.2. The molecule has 0 aromatic rings. The number of nitrogens with zero attached hydrogens (tertiary/aromatic N) is 2. The van der Waals surface area contributed by atoms with Crippen LogP contribution in [0.2, 0.25) is 0 Å². The highest BCUT2D eigenvalue weighted by Gasteiger charge is 2.43. The maximum Gasteiger partial charge on any atom is 0.236 e. The molecule has 3 aliphatic rings. The Hall–Kier alpha value is -0.690. The highest BCUT2D eigenvalue weighted by molar-refractivity contribution is 5.78. The molecule has 6 heteroatoms. The third-order valence-electron chi connectivity index (χ3n) is 5.04. The summed E-state index contributed by atoms with van der Waals surface area (Å²) in [5.74, 6) is 0.194. The Kier molecular flexibility index (Phi) is 4.78. The van der Waals surface area contributed by atoms with E-state index in [-0.39, 0.29) is 17.6 Å². The van der Waals surface area contributed by atoms with Crippen molar-refractivity contribution in [3.05, 3.63) is 0 Å². The summed E-state index contributed by atoms with van der Waals surface area (Å²) in [6.07, 6.45) is 3.09. The minimum atomic E-state index is -0.350. The fourth-order valence-electron chi connectivity index (χ4n) is 3.58. The van der Waals surface area contributed by atoms with Gasteiger partial charge in [0, 0.05) is 32.8 Å². The van der Waals surface area contributed by atoms with E-state index in [9.17, 15) is 9.90 Å². The van der Waals surface area contributed by atoms with E-state index in [0.29, 0.717) is 32.8 Å². The molecule has 3 heterocycles. The fraction of sp³-hybridized carbons (Fsp3) is 0.933. The molecule has 0 bridgehead atoms. The summed E-state index contributed by atoms with van der Waals surface area (Å²) in [6, 6.07) is 0. The lowest BCUT2D eigenvalue weighted by Gasteiger charge is -2.46. The molecule has 0 unspecified atom stereocenters. The molecule has 6 nitrogen and oxygen atoms in total. The van der Waals surface area contributed by atoms with Gasteiger partial charge in [0.15, 0.2) is 0 Å². The summed E-state index contributed by atoms with van der Waals surface area (Å²) in [4.78, 5) is 16.3. The van der Waals surface area contributed by atoms with E-state index in [4.69, 9.17) is 9.47 Å². The van der Waals surface area contributed by atoms with E-state index >= 15 is 0 Å². The molecule has 3 saturated heterocycles. The smallest absolute Gasteiger partial charge is 0.236 e. The monoisotopic (exact) mass is 298 g/mol. The number of hydrogen-bond acceptors (Lipinski definition) is 5. The second-order valence-electron chi connectivity index (χ2n) is 6.34. The van der Waals surface area contributed by atoms with Crippen LogP contribution in [0.25, 0.3) is 0 Å². The number of likely N-dealkylation sites (tertiary alicyclic amines) is 1. The Labute approximate surface area is 126 Å². The van der Waals surface area contributed by atoms with Crippen molar-refractivity contribution in [1.29, 1.82) is 0 Å². The molecular formula is C15H26N2O4. The van der Waals surface area contributed by atoms with Crippen LogP contribution in [0.15, 0.2) is 0 Å². The Balaban J connectivity index is 1.48. The van der Waals surface area contributed by atoms with Gasteiger partial charge in [0.2, 0.25) is 5.91 Å². The van der Waals surface area contributed by atoms with Crippen LogP contribution in [0.4, 0.5) is 0 Å². The average Bonchev–Trinajstić information content (AvgIpc) is 2.53. The predicted octanol–water partition coefficient (Wildman–Crippen LogP) is -0.149. The highest BCUT2D eigenvalue weighted by atomic mass is 16.5. The average molecular weight is 298 g/mol. The van der Waals surface area contributed by atoms with Gasteiger partial charge in [-0.3, -0.25) is 9.69 Å². The summed E-state index contributed by atoms with van der Waals surface area (Å²) in [5.41, 5.74) is -0.350. The molecule has 1 amide bonds. The van der Waals surface area contributed by atoms with E-state index in [1.54, 1.807) is 0 Å². The Bertz CT molecular complexity index is 363. The lowest BCUT2D eigenvalue weighted by Crippen LogP contribution is -2.56. The molecule has 3 fully saturated rings. The molecule has 1 N–H and O–H groups in total. The minimum Gasteiger partial charge on any atom is -0.390 e. The van der Waals surface area contributed by atoms with Gasteiger partial charge in [0.05, 0.1) is 31.5 Å². The van der Waals surface area contributed by atoms with Crippen LogP contribution >= 0.6 is 0 Å². The lowest BCUT2D eigenvalue weighted by atomic mass is 9.82. The van der Waals surface area contributed by atoms with Gasteiger partial charge in [0.25, 0.3) is 0 Å². The van der Waals surface area contributed by atoms with Crippen molar-refractivity contribution < 1.29 is 19.4 Å². The maximum absolute atomic E-state index is 12.2. The van der Waals surface area contributed by atoms with Gasteiger partial charge in [-0.15, -0.1) is 0 Å². The number of hydrogen-bond donors (Lipinski definition) is 1.